The van der Waals surface area contributed by atoms with E-state index >= 15 is 0 Å². The Hall–Kier alpha value is -1.88. The molecule has 0 radical (unpaired) electrons. The van der Waals surface area contributed by atoms with Gasteiger partial charge in [0, 0.05) is 12.3 Å². The molecule has 0 aliphatic carbocycles. The molecule has 2 rings (SSSR count). The van der Waals surface area contributed by atoms with E-state index in [4.69, 9.17) is 11.2 Å². The summed E-state index contributed by atoms with van der Waals surface area (Å²) in [5.41, 5.74) is -3.37. The highest BCUT2D eigenvalue weighted by atomic mass is 16.6. The fraction of sp³-hybridized carbons (Fsp3) is 0.500. The minimum Gasteiger partial charge on any atom is -0.386 e. The summed E-state index contributed by atoms with van der Waals surface area (Å²) in [6.45, 7) is 1.75. The average Bonchev–Trinajstić information content (AvgIpc) is 2.63. The van der Waals surface area contributed by atoms with Crippen molar-refractivity contribution in [2.24, 2.45) is 0 Å². The smallest absolute Gasteiger partial charge is 0.330 e. The third-order valence-corrected chi connectivity index (χ3v) is 3.22. The van der Waals surface area contributed by atoms with Crippen LogP contribution in [-0.2, 0) is 4.74 Å². The highest BCUT2D eigenvalue weighted by Crippen LogP contribution is 2.38. The third-order valence-electron chi connectivity index (χ3n) is 3.22. The molecule has 3 N–H and O–H groups in total. The quantitative estimate of drug-likeness (QED) is 0.569. The Morgan fingerprint density at radius 1 is 1.63 bits per heavy atom. The van der Waals surface area contributed by atoms with Crippen molar-refractivity contribution in [1.29, 1.82) is 0 Å². The predicted molar refractivity (Wildman–Crippen MR) is 65.3 cm³/mol. The van der Waals surface area contributed by atoms with Crippen molar-refractivity contribution in [1.82, 2.24) is 9.55 Å². The standard InChI is InChI=1S/C12H14N2O5/c1-3-7-9(16)12(18,4-2)10(19-7)14-6-5-8(15)13-11(14)17/h2,5-7,9-10,16,18H,3H2,1H3,(H,13,15,17). The SMILES string of the molecule is C#CC1(O)C(O)C(CC)OC1n1ccc(=O)[nH]c1=O. The number of nitrogens with one attached hydrogen (secondary N) is 1. The Kier molecular flexibility index (Phi) is 3.32. The molecule has 2 heterocycles. The molecule has 1 aliphatic rings. The minimum absolute atomic E-state index is 0.416. The summed E-state index contributed by atoms with van der Waals surface area (Å²) in [6, 6.07) is 1.10. The second-order valence-electron chi connectivity index (χ2n) is 4.37. The van der Waals surface area contributed by atoms with E-state index in [0.29, 0.717) is 6.42 Å². The summed E-state index contributed by atoms with van der Waals surface area (Å²) >= 11 is 0. The van der Waals surface area contributed by atoms with Crippen LogP contribution < -0.4 is 11.2 Å². The normalized spacial score (nSPS) is 34.1. The van der Waals surface area contributed by atoms with E-state index in [1.807, 2.05) is 4.98 Å². The van der Waals surface area contributed by atoms with Crippen LogP contribution in [0.3, 0.4) is 0 Å². The number of hydrogen-bond acceptors (Lipinski definition) is 5. The number of aliphatic hydroxyl groups is 2. The Bertz CT molecular complexity index is 628. The van der Waals surface area contributed by atoms with Gasteiger partial charge in [0.25, 0.3) is 5.56 Å². The summed E-state index contributed by atoms with van der Waals surface area (Å²) in [5.74, 6) is 2.07. The zero-order chi connectivity index (χ0) is 14.2. The molecule has 0 amide bonds. The van der Waals surface area contributed by atoms with E-state index in [9.17, 15) is 19.8 Å². The van der Waals surface area contributed by atoms with Crippen LogP contribution in [0.15, 0.2) is 21.9 Å². The van der Waals surface area contributed by atoms with Gasteiger partial charge in [-0.25, -0.2) is 4.79 Å². The van der Waals surface area contributed by atoms with Gasteiger partial charge in [0.15, 0.2) is 11.8 Å². The van der Waals surface area contributed by atoms with Gasteiger partial charge in [-0.1, -0.05) is 12.8 Å². The molecule has 1 fully saturated rings. The zero-order valence-electron chi connectivity index (χ0n) is 10.2. The third kappa shape index (κ3) is 2.00. The highest BCUT2D eigenvalue weighted by molar-refractivity contribution is 5.19. The Labute approximate surface area is 108 Å². The van der Waals surface area contributed by atoms with Gasteiger partial charge in [-0.3, -0.25) is 14.3 Å². The molecule has 7 heteroatoms. The number of aliphatic hydroxyl groups excluding tert-OH is 1. The Morgan fingerprint density at radius 3 is 2.84 bits per heavy atom. The van der Waals surface area contributed by atoms with E-state index in [-0.39, 0.29) is 0 Å². The molecule has 1 aliphatic heterocycles. The molecule has 1 aromatic rings. The van der Waals surface area contributed by atoms with Crippen molar-refractivity contribution in [3.8, 4) is 12.3 Å². The van der Waals surface area contributed by atoms with Crippen LogP contribution in [0.4, 0.5) is 0 Å². The van der Waals surface area contributed by atoms with Crippen LogP contribution >= 0.6 is 0 Å². The molecule has 0 aromatic carbocycles. The average molecular weight is 266 g/mol. The van der Waals surface area contributed by atoms with Crippen LogP contribution in [-0.4, -0.2) is 37.6 Å². The second kappa shape index (κ2) is 4.66. The largest absolute Gasteiger partial charge is 0.386 e. The van der Waals surface area contributed by atoms with E-state index in [2.05, 4.69) is 5.92 Å². The summed E-state index contributed by atoms with van der Waals surface area (Å²) in [7, 11) is 0. The van der Waals surface area contributed by atoms with Gasteiger partial charge < -0.3 is 14.9 Å². The molecule has 0 bridgehead atoms. The number of rotatable bonds is 2. The lowest BCUT2D eigenvalue weighted by Gasteiger charge is -2.26. The van der Waals surface area contributed by atoms with Gasteiger partial charge in [0.05, 0.1) is 6.10 Å². The maximum Gasteiger partial charge on any atom is 0.330 e. The first-order valence-corrected chi connectivity index (χ1v) is 5.79. The summed E-state index contributed by atoms with van der Waals surface area (Å²) < 4.78 is 6.39. The molecule has 4 unspecified atom stereocenters. The van der Waals surface area contributed by atoms with E-state index in [1.165, 1.54) is 6.20 Å². The molecule has 0 saturated carbocycles. The van der Waals surface area contributed by atoms with Gasteiger partial charge in [0.1, 0.15) is 6.10 Å². The number of hydrogen-bond donors (Lipinski definition) is 3. The van der Waals surface area contributed by atoms with E-state index < -0.39 is 35.3 Å². The van der Waals surface area contributed by atoms with Gasteiger partial charge in [0.2, 0.25) is 0 Å². The number of H-pyrrole nitrogens is 1. The molecule has 0 spiro atoms. The summed E-state index contributed by atoms with van der Waals surface area (Å²) in [4.78, 5) is 24.7. The molecular weight excluding hydrogens is 252 g/mol. The minimum atomic E-state index is -2.03. The molecule has 102 valence electrons. The second-order valence-corrected chi connectivity index (χ2v) is 4.37. The van der Waals surface area contributed by atoms with Crippen LogP contribution in [0.1, 0.15) is 19.6 Å². The van der Waals surface area contributed by atoms with Gasteiger partial charge >= 0.3 is 5.69 Å². The molecule has 19 heavy (non-hydrogen) atoms. The van der Waals surface area contributed by atoms with Crippen LogP contribution in [0, 0.1) is 12.3 Å². The molecule has 1 aromatic heterocycles. The van der Waals surface area contributed by atoms with Crippen molar-refractivity contribution >= 4 is 0 Å². The van der Waals surface area contributed by atoms with Gasteiger partial charge in [-0.05, 0) is 6.42 Å². The zero-order valence-corrected chi connectivity index (χ0v) is 10.2. The van der Waals surface area contributed by atoms with Crippen LogP contribution in [0.5, 0.6) is 0 Å². The first kappa shape index (κ1) is 13.5. The van der Waals surface area contributed by atoms with Gasteiger partial charge in [-0.15, -0.1) is 6.42 Å². The summed E-state index contributed by atoms with van der Waals surface area (Å²) in [6.07, 6.45) is 3.59. The van der Waals surface area contributed by atoms with Crippen LogP contribution in [0.2, 0.25) is 0 Å². The summed E-state index contributed by atoms with van der Waals surface area (Å²) in [5, 5.41) is 20.3. The maximum atomic E-state index is 11.7. The predicted octanol–water partition coefficient (Wildman–Crippen LogP) is -1.43. The van der Waals surface area contributed by atoms with Crippen LogP contribution in [0.25, 0.3) is 0 Å². The van der Waals surface area contributed by atoms with E-state index in [1.54, 1.807) is 6.92 Å². The number of nitrogens with zero attached hydrogens (tertiary/aromatic N) is 1. The lowest BCUT2D eigenvalue weighted by molar-refractivity contribution is -0.0726. The Morgan fingerprint density at radius 2 is 2.32 bits per heavy atom. The maximum absolute atomic E-state index is 11.7. The van der Waals surface area contributed by atoms with Crippen molar-refractivity contribution in [2.75, 3.05) is 0 Å². The lowest BCUT2D eigenvalue weighted by Crippen LogP contribution is -2.47. The molecule has 7 nitrogen and oxygen atoms in total. The first-order valence-electron chi connectivity index (χ1n) is 5.79. The van der Waals surface area contributed by atoms with E-state index in [0.717, 1.165) is 10.6 Å². The number of ether oxygens (including phenoxy) is 1. The van der Waals surface area contributed by atoms with Gasteiger partial charge in [-0.2, -0.15) is 0 Å². The fourth-order valence-corrected chi connectivity index (χ4v) is 2.14. The Balaban J connectivity index is 2.52. The van der Waals surface area contributed by atoms with Crippen molar-refractivity contribution in [3.63, 3.8) is 0 Å². The molecular formula is C12H14N2O5. The highest BCUT2D eigenvalue weighted by Gasteiger charge is 2.55. The van der Waals surface area contributed by atoms with Crippen molar-refractivity contribution in [3.05, 3.63) is 33.1 Å². The number of aromatic amines is 1. The molecule has 1 saturated heterocycles. The van der Waals surface area contributed by atoms with Crippen molar-refractivity contribution in [2.45, 2.75) is 37.4 Å². The fourth-order valence-electron chi connectivity index (χ4n) is 2.14. The molecule has 4 atom stereocenters. The lowest BCUT2D eigenvalue weighted by atomic mass is 9.94. The van der Waals surface area contributed by atoms with Crippen molar-refractivity contribution < 1.29 is 14.9 Å². The first-order chi connectivity index (χ1) is 8.93. The monoisotopic (exact) mass is 266 g/mol. The number of aromatic nitrogens is 2. The topological polar surface area (TPSA) is 105 Å². The number of terminal acetylenes is 1.